The van der Waals surface area contributed by atoms with Crippen LogP contribution in [0.2, 0.25) is 0 Å². The second-order valence-electron chi connectivity index (χ2n) is 5.83. The van der Waals surface area contributed by atoms with Crippen molar-refractivity contribution in [3.63, 3.8) is 0 Å². The van der Waals surface area contributed by atoms with Crippen molar-refractivity contribution >= 4 is 11.8 Å². The van der Waals surface area contributed by atoms with E-state index in [1.165, 1.54) is 30.0 Å². The Bertz CT molecular complexity index is 912. The molecule has 7 heteroatoms. The number of benzene rings is 2. The summed E-state index contributed by atoms with van der Waals surface area (Å²) in [6.07, 6.45) is 1.74. The molecule has 27 heavy (non-hydrogen) atoms. The highest BCUT2D eigenvalue weighted by Crippen LogP contribution is 2.34. The quantitative estimate of drug-likeness (QED) is 0.395. The van der Waals surface area contributed by atoms with Crippen LogP contribution >= 0.6 is 11.8 Å². The van der Waals surface area contributed by atoms with E-state index in [-0.39, 0.29) is 23.4 Å². The van der Waals surface area contributed by atoms with Crippen molar-refractivity contribution in [2.45, 2.75) is 30.5 Å². The molecule has 3 aromatic rings. The van der Waals surface area contributed by atoms with Crippen LogP contribution in [0.3, 0.4) is 0 Å². The van der Waals surface area contributed by atoms with Crippen LogP contribution in [0.5, 0.6) is 5.75 Å². The first-order valence-electron chi connectivity index (χ1n) is 8.41. The standard InChI is InChI=1S/C20H19F2N3OS/c1-3-12-25-19(13-26-18-7-5-4-6-17(18)22)23-24-20(25)27-14(2)15-8-10-16(21)11-9-15/h3-11,14H,1,12-13H2,2H3. The van der Waals surface area contributed by atoms with Crippen LogP contribution in [-0.2, 0) is 13.2 Å². The van der Waals surface area contributed by atoms with Crippen LogP contribution < -0.4 is 4.74 Å². The minimum Gasteiger partial charge on any atom is -0.483 e. The smallest absolute Gasteiger partial charge is 0.192 e. The zero-order chi connectivity index (χ0) is 19.2. The summed E-state index contributed by atoms with van der Waals surface area (Å²) >= 11 is 1.50. The van der Waals surface area contributed by atoms with Gasteiger partial charge in [-0.3, -0.25) is 4.57 Å². The molecule has 1 unspecified atom stereocenters. The van der Waals surface area contributed by atoms with Gasteiger partial charge in [-0.25, -0.2) is 8.78 Å². The van der Waals surface area contributed by atoms with Gasteiger partial charge in [-0.15, -0.1) is 16.8 Å². The Balaban J connectivity index is 1.75. The molecular weight excluding hydrogens is 368 g/mol. The van der Waals surface area contributed by atoms with Crippen LogP contribution in [0, 0.1) is 11.6 Å². The van der Waals surface area contributed by atoms with Crippen molar-refractivity contribution in [1.82, 2.24) is 14.8 Å². The van der Waals surface area contributed by atoms with Gasteiger partial charge in [0.2, 0.25) is 0 Å². The summed E-state index contributed by atoms with van der Waals surface area (Å²) in [5, 5.41) is 9.16. The lowest BCUT2D eigenvalue weighted by molar-refractivity contribution is 0.275. The van der Waals surface area contributed by atoms with E-state index in [1.54, 1.807) is 36.4 Å². The van der Waals surface area contributed by atoms with Gasteiger partial charge in [0, 0.05) is 11.8 Å². The number of allylic oxidation sites excluding steroid dienone is 1. The average Bonchev–Trinajstić information content (AvgIpc) is 3.03. The Morgan fingerprint density at radius 3 is 2.59 bits per heavy atom. The van der Waals surface area contributed by atoms with Gasteiger partial charge in [0.15, 0.2) is 22.5 Å². The molecule has 0 saturated heterocycles. The number of hydrogen-bond acceptors (Lipinski definition) is 4. The van der Waals surface area contributed by atoms with Crippen LogP contribution in [0.25, 0.3) is 0 Å². The van der Waals surface area contributed by atoms with E-state index in [4.69, 9.17) is 4.74 Å². The molecule has 0 aliphatic heterocycles. The number of ether oxygens (including phenoxy) is 1. The number of nitrogens with zero attached hydrogens (tertiary/aromatic N) is 3. The maximum atomic E-state index is 13.7. The van der Waals surface area contributed by atoms with Gasteiger partial charge in [0.05, 0.1) is 0 Å². The lowest BCUT2D eigenvalue weighted by atomic mass is 10.2. The molecule has 0 saturated carbocycles. The van der Waals surface area contributed by atoms with Gasteiger partial charge in [0.1, 0.15) is 12.4 Å². The maximum absolute atomic E-state index is 13.7. The number of halogens is 2. The third-order valence-corrected chi connectivity index (χ3v) is 5.06. The van der Waals surface area contributed by atoms with Crippen molar-refractivity contribution in [3.8, 4) is 5.75 Å². The third kappa shape index (κ3) is 4.74. The highest BCUT2D eigenvalue weighted by molar-refractivity contribution is 7.99. The summed E-state index contributed by atoms with van der Waals surface area (Å²) in [6.45, 7) is 6.38. The molecule has 0 amide bonds. The summed E-state index contributed by atoms with van der Waals surface area (Å²) in [4.78, 5) is 0. The van der Waals surface area contributed by atoms with Crippen molar-refractivity contribution in [2.24, 2.45) is 0 Å². The molecule has 1 atom stereocenters. The molecule has 140 valence electrons. The normalized spacial score (nSPS) is 12.0. The molecule has 0 aliphatic rings. The van der Waals surface area contributed by atoms with Crippen molar-refractivity contribution in [1.29, 1.82) is 0 Å². The number of hydrogen-bond donors (Lipinski definition) is 0. The second-order valence-corrected chi connectivity index (χ2v) is 7.14. The van der Waals surface area contributed by atoms with Gasteiger partial charge in [-0.1, -0.05) is 42.1 Å². The largest absolute Gasteiger partial charge is 0.483 e. The lowest BCUT2D eigenvalue weighted by Gasteiger charge is -2.13. The van der Waals surface area contributed by atoms with Crippen LogP contribution in [-0.4, -0.2) is 14.8 Å². The molecule has 0 radical (unpaired) electrons. The van der Waals surface area contributed by atoms with E-state index in [9.17, 15) is 8.78 Å². The zero-order valence-electron chi connectivity index (χ0n) is 14.8. The Morgan fingerprint density at radius 1 is 1.15 bits per heavy atom. The molecule has 1 aromatic heterocycles. The predicted octanol–water partition coefficient (Wildman–Crippen LogP) is 5.17. The summed E-state index contributed by atoms with van der Waals surface area (Å²) in [7, 11) is 0. The maximum Gasteiger partial charge on any atom is 0.192 e. The highest BCUT2D eigenvalue weighted by atomic mass is 32.2. The summed E-state index contributed by atoms with van der Waals surface area (Å²) in [5.41, 5.74) is 0.985. The van der Waals surface area contributed by atoms with Crippen LogP contribution in [0.15, 0.2) is 66.3 Å². The molecule has 0 fully saturated rings. The van der Waals surface area contributed by atoms with Gasteiger partial charge in [-0.05, 0) is 36.8 Å². The number of rotatable bonds is 8. The van der Waals surface area contributed by atoms with E-state index < -0.39 is 5.82 Å². The molecule has 1 heterocycles. The van der Waals surface area contributed by atoms with E-state index in [1.807, 2.05) is 11.5 Å². The molecule has 2 aromatic carbocycles. The topological polar surface area (TPSA) is 39.9 Å². The van der Waals surface area contributed by atoms with Gasteiger partial charge in [0.25, 0.3) is 0 Å². The SMILES string of the molecule is C=CCn1c(COc2ccccc2F)nnc1SC(C)c1ccc(F)cc1. The minimum absolute atomic E-state index is 0.0544. The van der Waals surface area contributed by atoms with E-state index >= 15 is 0 Å². The summed E-state index contributed by atoms with van der Waals surface area (Å²) in [5.74, 6) is 0.0525. The number of aromatic nitrogens is 3. The summed E-state index contributed by atoms with van der Waals surface area (Å²) in [6, 6.07) is 12.6. The molecule has 3 rings (SSSR count). The monoisotopic (exact) mass is 387 g/mol. The summed E-state index contributed by atoms with van der Waals surface area (Å²) < 4.78 is 34.2. The molecule has 4 nitrogen and oxygen atoms in total. The molecule has 0 aliphatic carbocycles. The van der Waals surface area contributed by atoms with Gasteiger partial charge in [-0.2, -0.15) is 0 Å². The first-order chi connectivity index (χ1) is 13.1. The molecular formula is C20H19F2N3OS. The van der Waals surface area contributed by atoms with Crippen molar-refractivity contribution in [3.05, 3.63) is 84.2 Å². The van der Waals surface area contributed by atoms with Gasteiger partial charge < -0.3 is 4.74 Å². The molecule has 0 bridgehead atoms. The van der Waals surface area contributed by atoms with Crippen LogP contribution in [0.1, 0.15) is 23.6 Å². The number of para-hydroxylation sites is 1. The fourth-order valence-corrected chi connectivity index (χ4v) is 3.49. The first-order valence-corrected chi connectivity index (χ1v) is 9.29. The molecule has 0 spiro atoms. The fraction of sp³-hybridized carbons (Fsp3) is 0.200. The Kier molecular flexibility index (Phi) is 6.24. The highest BCUT2D eigenvalue weighted by Gasteiger charge is 2.17. The van der Waals surface area contributed by atoms with E-state index in [0.717, 1.165) is 5.56 Å². The van der Waals surface area contributed by atoms with E-state index in [2.05, 4.69) is 16.8 Å². The van der Waals surface area contributed by atoms with Crippen LogP contribution in [0.4, 0.5) is 8.78 Å². The van der Waals surface area contributed by atoms with Crippen molar-refractivity contribution in [2.75, 3.05) is 0 Å². The second kappa shape index (κ2) is 8.81. The first kappa shape index (κ1) is 19.1. The van der Waals surface area contributed by atoms with Crippen molar-refractivity contribution < 1.29 is 13.5 Å². The van der Waals surface area contributed by atoms with Gasteiger partial charge >= 0.3 is 0 Å². The predicted molar refractivity (Wildman–Crippen MR) is 102 cm³/mol. The average molecular weight is 387 g/mol. The zero-order valence-corrected chi connectivity index (χ0v) is 15.6. The Morgan fingerprint density at radius 2 is 1.89 bits per heavy atom. The molecule has 0 N–H and O–H groups in total. The minimum atomic E-state index is -0.424. The fourth-order valence-electron chi connectivity index (χ4n) is 2.49. The number of thioether (sulfide) groups is 1. The lowest BCUT2D eigenvalue weighted by Crippen LogP contribution is -2.08. The third-order valence-electron chi connectivity index (χ3n) is 3.92. The van der Waals surface area contributed by atoms with E-state index in [0.29, 0.717) is 17.5 Å². The Hall–Kier alpha value is -2.67. The Labute approximate surface area is 160 Å².